The van der Waals surface area contributed by atoms with Crippen molar-refractivity contribution >= 4 is 18.2 Å². The first-order valence-electron chi connectivity index (χ1n) is 12.7. The van der Waals surface area contributed by atoms with Crippen LogP contribution in [0.4, 0.5) is 14.4 Å². The van der Waals surface area contributed by atoms with Gasteiger partial charge in [0.1, 0.15) is 23.8 Å². The third kappa shape index (κ3) is 7.70. The summed E-state index contributed by atoms with van der Waals surface area (Å²) < 4.78 is 16.8. The van der Waals surface area contributed by atoms with E-state index in [1.54, 1.807) is 41.5 Å². The minimum absolute atomic E-state index is 0.0185. The van der Waals surface area contributed by atoms with Gasteiger partial charge in [-0.3, -0.25) is 10.1 Å². The number of urea groups is 1. The van der Waals surface area contributed by atoms with Gasteiger partial charge < -0.3 is 24.1 Å². The van der Waals surface area contributed by atoms with Crippen LogP contribution in [-0.4, -0.2) is 84.9 Å². The van der Waals surface area contributed by atoms with Crippen LogP contribution in [0.2, 0.25) is 0 Å². The van der Waals surface area contributed by atoms with E-state index in [0.717, 1.165) is 0 Å². The molecule has 2 N–H and O–H groups in total. The highest BCUT2D eigenvalue weighted by Gasteiger charge is 2.40. The molecule has 1 saturated heterocycles. The standard InChI is InChI=1S/C24H40N6O7/c1-8-28-17(10-9-11-30(34)21(28)32)19-27-26-18(35-19)14-29(22(33)37-24(5,6)7)16-12-15(13-16)25-20(31)36-23(2,3)4/h15-17,34H,8-14H2,1-7H3,(H,25,31)/t15?,16?,17-/m0/s1. The van der Waals surface area contributed by atoms with Gasteiger partial charge in [0.2, 0.25) is 11.8 Å². The van der Waals surface area contributed by atoms with E-state index >= 15 is 0 Å². The lowest BCUT2D eigenvalue weighted by Crippen LogP contribution is -2.56. The average molecular weight is 525 g/mol. The van der Waals surface area contributed by atoms with Crippen LogP contribution in [0, 0.1) is 0 Å². The summed E-state index contributed by atoms with van der Waals surface area (Å²) in [5.41, 5.74) is -1.30. The molecule has 3 rings (SSSR count). The number of ether oxygens (including phenoxy) is 2. The van der Waals surface area contributed by atoms with E-state index in [1.807, 2.05) is 6.92 Å². The lowest BCUT2D eigenvalue weighted by atomic mass is 9.85. The number of carbonyl (C=O) groups is 3. The maximum Gasteiger partial charge on any atom is 0.411 e. The predicted molar refractivity (Wildman–Crippen MR) is 130 cm³/mol. The molecule has 208 valence electrons. The third-order valence-corrected chi connectivity index (χ3v) is 6.01. The lowest BCUT2D eigenvalue weighted by molar-refractivity contribution is -0.0527. The first-order chi connectivity index (χ1) is 17.2. The highest BCUT2D eigenvalue weighted by atomic mass is 16.6. The van der Waals surface area contributed by atoms with Gasteiger partial charge >= 0.3 is 18.2 Å². The number of nitrogens with zero attached hydrogens (tertiary/aromatic N) is 5. The lowest BCUT2D eigenvalue weighted by Gasteiger charge is -2.42. The number of carbonyl (C=O) groups excluding carboxylic acids is 3. The van der Waals surface area contributed by atoms with Gasteiger partial charge in [0.25, 0.3) is 0 Å². The number of aromatic nitrogens is 2. The Bertz CT molecular complexity index is 964. The van der Waals surface area contributed by atoms with Gasteiger partial charge in [0, 0.05) is 18.6 Å². The minimum Gasteiger partial charge on any atom is -0.444 e. The first kappa shape index (κ1) is 28.5. The van der Waals surface area contributed by atoms with Crippen LogP contribution in [0.5, 0.6) is 0 Å². The van der Waals surface area contributed by atoms with Gasteiger partial charge in [-0.1, -0.05) is 0 Å². The largest absolute Gasteiger partial charge is 0.444 e. The Hall–Kier alpha value is -3.09. The Morgan fingerprint density at radius 3 is 2.38 bits per heavy atom. The SMILES string of the molecule is CCN1C(=O)N(O)CCC[C@H]1c1nnc(CN(C(=O)OC(C)(C)C)C2CC(NC(=O)OC(C)(C)C)C2)o1. The second-order valence-corrected chi connectivity index (χ2v) is 11.5. The Kier molecular flexibility index (Phi) is 8.56. The zero-order chi connectivity index (χ0) is 27.5. The van der Waals surface area contributed by atoms with Crippen molar-refractivity contribution in [1.82, 2.24) is 30.4 Å². The number of amides is 4. The van der Waals surface area contributed by atoms with E-state index in [4.69, 9.17) is 13.9 Å². The van der Waals surface area contributed by atoms with Gasteiger partial charge in [-0.2, -0.15) is 0 Å². The maximum atomic E-state index is 13.1. The van der Waals surface area contributed by atoms with Crippen molar-refractivity contribution in [2.75, 3.05) is 13.1 Å². The topological polar surface area (TPSA) is 151 Å². The van der Waals surface area contributed by atoms with Crippen LogP contribution in [0.3, 0.4) is 0 Å². The van der Waals surface area contributed by atoms with Crippen molar-refractivity contribution in [3.05, 3.63) is 11.8 Å². The molecule has 13 heteroatoms. The predicted octanol–water partition coefficient (Wildman–Crippen LogP) is 3.83. The van der Waals surface area contributed by atoms with Gasteiger partial charge in [-0.05, 0) is 74.1 Å². The smallest absolute Gasteiger partial charge is 0.411 e. The molecule has 1 atom stereocenters. The Balaban J connectivity index is 1.70. The fourth-order valence-electron chi connectivity index (χ4n) is 4.29. The van der Waals surface area contributed by atoms with Crippen molar-refractivity contribution < 1.29 is 33.5 Å². The molecule has 1 aliphatic heterocycles. The molecule has 0 unspecified atom stereocenters. The second kappa shape index (κ2) is 11.1. The molecule has 1 saturated carbocycles. The minimum atomic E-state index is -0.703. The van der Waals surface area contributed by atoms with Gasteiger partial charge in [0.05, 0.1) is 6.54 Å². The molecule has 2 heterocycles. The molecule has 2 fully saturated rings. The number of hydrogen-bond acceptors (Lipinski definition) is 9. The van der Waals surface area contributed by atoms with E-state index in [9.17, 15) is 19.6 Å². The Morgan fingerprint density at radius 1 is 1.14 bits per heavy atom. The van der Waals surface area contributed by atoms with Crippen LogP contribution in [-0.2, 0) is 16.0 Å². The summed E-state index contributed by atoms with van der Waals surface area (Å²) in [7, 11) is 0. The molecule has 13 nitrogen and oxygen atoms in total. The van der Waals surface area contributed by atoms with Crippen LogP contribution in [0.25, 0.3) is 0 Å². The van der Waals surface area contributed by atoms with Crippen LogP contribution >= 0.6 is 0 Å². The molecule has 1 aliphatic carbocycles. The number of nitrogens with one attached hydrogen (secondary N) is 1. The monoisotopic (exact) mass is 524 g/mol. The summed E-state index contributed by atoms with van der Waals surface area (Å²) in [4.78, 5) is 40.7. The Morgan fingerprint density at radius 2 is 1.78 bits per heavy atom. The second-order valence-electron chi connectivity index (χ2n) is 11.5. The van der Waals surface area contributed by atoms with Crippen LogP contribution in [0.1, 0.15) is 92.0 Å². The van der Waals surface area contributed by atoms with Crippen molar-refractivity contribution in [2.24, 2.45) is 0 Å². The highest BCUT2D eigenvalue weighted by Crippen LogP contribution is 2.31. The summed E-state index contributed by atoms with van der Waals surface area (Å²) >= 11 is 0. The summed E-state index contributed by atoms with van der Waals surface area (Å²) in [6.45, 7) is 13.2. The molecule has 0 spiro atoms. The number of rotatable bonds is 6. The van der Waals surface area contributed by atoms with E-state index in [-0.39, 0.29) is 37.0 Å². The van der Waals surface area contributed by atoms with Crippen molar-refractivity contribution in [3.63, 3.8) is 0 Å². The molecule has 0 radical (unpaired) electrons. The van der Waals surface area contributed by atoms with E-state index in [2.05, 4.69) is 15.5 Å². The zero-order valence-electron chi connectivity index (χ0n) is 22.8. The summed E-state index contributed by atoms with van der Waals surface area (Å²) in [5, 5.41) is 21.7. The van der Waals surface area contributed by atoms with Crippen molar-refractivity contribution in [1.29, 1.82) is 0 Å². The fourth-order valence-corrected chi connectivity index (χ4v) is 4.29. The normalized spacial score (nSPS) is 22.7. The maximum absolute atomic E-state index is 13.1. The zero-order valence-corrected chi connectivity index (χ0v) is 22.8. The third-order valence-electron chi connectivity index (χ3n) is 6.01. The fraction of sp³-hybridized carbons (Fsp3) is 0.792. The number of alkyl carbamates (subject to hydrolysis) is 1. The van der Waals surface area contributed by atoms with E-state index in [1.165, 1.54) is 9.80 Å². The summed E-state index contributed by atoms with van der Waals surface area (Å²) in [6, 6.07) is -1.34. The number of hydroxylamine groups is 2. The van der Waals surface area contributed by atoms with Gasteiger partial charge in [-0.15, -0.1) is 10.2 Å². The van der Waals surface area contributed by atoms with Crippen LogP contribution < -0.4 is 5.32 Å². The molecule has 4 amide bonds. The average Bonchev–Trinajstić information content (AvgIpc) is 3.13. The van der Waals surface area contributed by atoms with E-state index in [0.29, 0.717) is 37.3 Å². The molecular weight excluding hydrogens is 484 g/mol. The molecule has 1 aromatic heterocycles. The summed E-state index contributed by atoms with van der Waals surface area (Å²) in [6.07, 6.45) is 1.14. The molecule has 0 aromatic carbocycles. The Labute approximate surface area is 217 Å². The quantitative estimate of drug-likeness (QED) is 0.529. The van der Waals surface area contributed by atoms with Crippen molar-refractivity contribution in [3.8, 4) is 0 Å². The van der Waals surface area contributed by atoms with Gasteiger partial charge in [0.15, 0.2) is 0 Å². The molecule has 37 heavy (non-hydrogen) atoms. The molecule has 2 aliphatic rings. The molecular formula is C24H40N6O7. The molecule has 1 aromatic rings. The van der Waals surface area contributed by atoms with Gasteiger partial charge in [-0.25, -0.2) is 19.4 Å². The van der Waals surface area contributed by atoms with E-state index < -0.39 is 35.5 Å². The highest BCUT2D eigenvalue weighted by molar-refractivity contribution is 5.74. The van der Waals surface area contributed by atoms with Crippen molar-refractivity contribution in [2.45, 2.75) is 110 Å². The number of hydrogen-bond donors (Lipinski definition) is 2. The summed E-state index contributed by atoms with van der Waals surface area (Å²) in [5.74, 6) is 0.459. The van der Waals surface area contributed by atoms with Crippen LogP contribution in [0.15, 0.2) is 4.42 Å². The molecule has 0 bridgehead atoms. The first-order valence-corrected chi connectivity index (χ1v) is 12.7.